The van der Waals surface area contributed by atoms with Gasteiger partial charge in [-0.25, -0.2) is 67.3 Å². The molecule has 128 heavy (non-hydrogen) atoms. The molecule has 8 aromatic carbocycles. The first-order valence-electron chi connectivity index (χ1n) is 38.1. The number of rotatable bonds is 32. The zero-order chi connectivity index (χ0) is 88.4. The largest absolute Gasteiger partial charge is 1.00 e. The summed E-state index contributed by atoms with van der Waals surface area (Å²) in [7, 11) is -45.1. The Morgan fingerprint density at radius 2 is 0.242 bits per heavy atom. The van der Waals surface area contributed by atoms with Crippen LogP contribution in [0.1, 0.15) is 196 Å². The van der Waals surface area contributed by atoms with Crippen molar-refractivity contribution < 1.29 is 378 Å². The van der Waals surface area contributed by atoms with E-state index in [-0.39, 0.29) is 476 Å². The average molecular weight is 2000 g/mol. The van der Waals surface area contributed by atoms with Gasteiger partial charge >= 0.3 is 236 Å². The van der Waals surface area contributed by atoms with Crippen LogP contribution in [0.2, 0.25) is 0 Å². The fourth-order valence-electron chi connectivity index (χ4n) is 13.8. The maximum atomic E-state index is 13.6. The van der Waals surface area contributed by atoms with Gasteiger partial charge in [-0.2, -0.15) is 0 Å². The Hall–Kier alpha value is -0.560. The van der Waals surface area contributed by atoms with Crippen molar-refractivity contribution in [3.63, 3.8) is 0 Å². The summed E-state index contributed by atoms with van der Waals surface area (Å²) in [5.41, 5.74) is -4.26. The summed E-state index contributed by atoms with van der Waals surface area (Å²) in [6.07, 6.45) is -4.42. The Kier molecular flexibility index (Phi) is 53.2. The normalized spacial score (nSPS) is 12.6. The van der Waals surface area contributed by atoms with Gasteiger partial charge in [-0.15, -0.1) is 0 Å². The van der Waals surface area contributed by atoms with Gasteiger partial charge in [0.1, 0.15) is 127 Å². The van der Waals surface area contributed by atoms with Crippen molar-refractivity contribution in [2.24, 2.45) is 0 Å². The zero-order valence-electron chi connectivity index (χ0n) is 74.5. The molecule has 0 aromatic heterocycles. The van der Waals surface area contributed by atoms with Crippen LogP contribution in [0.25, 0.3) is 0 Å². The van der Waals surface area contributed by atoms with E-state index in [1.807, 2.05) is 0 Å². The maximum absolute atomic E-state index is 13.6. The predicted octanol–water partition coefficient (Wildman–Crippen LogP) is -13.7. The van der Waals surface area contributed by atoms with Crippen molar-refractivity contribution in [1.82, 2.24) is 0 Å². The third kappa shape index (κ3) is 33.9. The summed E-state index contributed by atoms with van der Waals surface area (Å²) in [6.45, 7) is 11.5. The van der Waals surface area contributed by atoms with Gasteiger partial charge in [0.2, 0.25) is 0 Å². The molecular formula is C80H88Na8O32S8. The fraction of sp³-hybridized carbons (Fsp3) is 0.400. The van der Waals surface area contributed by atoms with Crippen LogP contribution in [-0.2, 0) is 132 Å². The maximum Gasteiger partial charge on any atom is 1.00 e. The number of ether oxygens (including phenoxy) is 8. The van der Waals surface area contributed by atoms with E-state index in [4.69, 9.17) is 37.9 Å². The van der Waals surface area contributed by atoms with E-state index < -0.39 is 171 Å². The Labute approximate surface area is 927 Å². The molecule has 0 radical (unpaired) electrons. The molecule has 16 bridgehead atoms. The van der Waals surface area contributed by atoms with Crippen molar-refractivity contribution in [1.29, 1.82) is 0 Å². The van der Waals surface area contributed by atoms with Crippen LogP contribution >= 0.6 is 0 Å². The van der Waals surface area contributed by atoms with Crippen LogP contribution < -0.4 is 274 Å². The van der Waals surface area contributed by atoms with Crippen LogP contribution in [0.4, 0.5) is 0 Å². The van der Waals surface area contributed by atoms with E-state index in [0.29, 0.717) is 0 Å². The number of benzene rings is 8. The second-order valence-electron chi connectivity index (χ2n) is 28.4. The molecule has 656 valence electrons. The Bertz CT molecular complexity index is 4900. The van der Waals surface area contributed by atoms with Crippen molar-refractivity contribution in [2.45, 2.75) is 197 Å². The van der Waals surface area contributed by atoms with E-state index >= 15 is 0 Å². The third-order valence-electron chi connectivity index (χ3n) is 18.7. The fourth-order valence-corrected chi connectivity index (χ4v) is 18.4. The molecule has 8 aromatic rings. The first-order chi connectivity index (χ1) is 56.2. The number of hydrogen-bond acceptors (Lipinski definition) is 32. The molecule has 0 amide bonds. The van der Waals surface area contributed by atoms with Crippen LogP contribution in [0, 0.1) is 0 Å². The second-order valence-corrected chi connectivity index (χ2v) is 39.4. The van der Waals surface area contributed by atoms with Crippen LogP contribution in [0.5, 0.6) is 46.0 Å². The summed E-state index contributed by atoms with van der Waals surface area (Å²) in [4.78, 5) is -7.93. The van der Waals surface area contributed by atoms with Gasteiger partial charge in [-0.3, -0.25) is 0 Å². The van der Waals surface area contributed by atoms with Crippen molar-refractivity contribution >= 4 is 80.9 Å². The quantitative estimate of drug-likeness (QED) is 0.0279. The van der Waals surface area contributed by atoms with Crippen LogP contribution in [0.15, 0.2) is 136 Å². The van der Waals surface area contributed by atoms with Gasteiger partial charge in [-0.05, 0) is 148 Å². The molecular weight excluding hydrogens is 1910 g/mol. The van der Waals surface area contributed by atoms with Gasteiger partial charge in [0, 0.05) is 140 Å². The first kappa shape index (κ1) is 125. The topological polar surface area (TPSA) is 531 Å². The molecule has 1 aliphatic carbocycles. The molecule has 0 aliphatic heterocycles. The minimum absolute atomic E-state index is 0. The first-order valence-corrected chi connectivity index (χ1v) is 49.4. The second kappa shape index (κ2) is 54.3. The summed E-state index contributed by atoms with van der Waals surface area (Å²) in [6, 6.07) is 14.0. The summed E-state index contributed by atoms with van der Waals surface area (Å²) in [5.74, 6) is -2.18. The number of hydrogen-bond donors (Lipinski definition) is 0. The molecule has 0 atom stereocenters. The number of fused-ring (bicyclic) bond motifs is 16. The molecule has 0 saturated carbocycles. The van der Waals surface area contributed by atoms with Gasteiger partial charge in [0.05, 0.1) is 92.0 Å². The van der Waals surface area contributed by atoms with Crippen LogP contribution in [0.3, 0.4) is 0 Å². The Morgan fingerprint density at radius 1 is 0.172 bits per heavy atom. The Balaban J connectivity index is 0.0000102. The van der Waals surface area contributed by atoms with Gasteiger partial charge in [0.25, 0.3) is 0 Å². The Morgan fingerprint density at radius 3 is 0.297 bits per heavy atom. The molecule has 0 heterocycles. The summed E-state index contributed by atoms with van der Waals surface area (Å²) >= 11 is 0. The van der Waals surface area contributed by atoms with E-state index in [0.717, 1.165) is 97.1 Å². The molecule has 0 saturated heterocycles. The van der Waals surface area contributed by atoms with E-state index in [1.54, 1.807) is 55.4 Å². The van der Waals surface area contributed by atoms with E-state index in [9.17, 15) is 104 Å². The van der Waals surface area contributed by atoms with Gasteiger partial charge < -0.3 is 74.3 Å². The van der Waals surface area contributed by atoms with Crippen molar-refractivity contribution in [3.8, 4) is 46.0 Å². The van der Waals surface area contributed by atoms with E-state index in [2.05, 4.69) is 0 Å². The molecule has 32 nitrogen and oxygen atoms in total. The monoisotopic (exact) mass is 2000 g/mol. The predicted molar refractivity (Wildman–Crippen MR) is 424 cm³/mol. The average Bonchev–Trinajstić information content (AvgIpc) is 0.767. The molecule has 1 aliphatic rings. The van der Waals surface area contributed by atoms with Gasteiger partial charge in [-0.1, -0.05) is 55.4 Å². The molecule has 0 unspecified atom stereocenters. The molecule has 48 heteroatoms. The van der Waals surface area contributed by atoms with Crippen molar-refractivity contribution in [2.75, 3.05) is 52.9 Å². The summed E-state index contributed by atoms with van der Waals surface area (Å²) < 4.78 is 379. The molecule has 9 rings (SSSR count). The zero-order valence-corrected chi connectivity index (χ0v) is 97.1. The standard InChI is InChI=1S/C80H96O32S8.8Na/c1-9-17-105-73-49-25-51-35-66(114(84,85)86)37-53(74(51)106-18-10-2)27-55-39-68(116(90,91)92)41-57(76(55)108-20-12-4)29-59-43-70(118(96,97)98)45-61(78(59)110-22-14-6)31-63-47-72(120(102,103)104)48-64(80(63)112-24-16-8)32-62-46-71(119(99,100)101)44-60(79(62)111-23-15-7)30-58-42-69(117(93,94)95)40-56(77(58)109-21-13-5)28-54-38-67(115(87,88)89)36-52(75(54)107-19-11-3)26-50(73)34-65(33-49)113(81,82)83;;;;;;;;/h33-48H,9-32H2,1-8H3,(H,81,82,83)(H,84,85,86)(H,87,88,89)(H,90,91,92)(H,93,94,95)(H,96,97,98)(H,99,100,101)(H,102,103,104);;;;;;;;/q;8*+1/p-8. The van der Waals surface area contributed by atoms with Gasteiger partial charge in [0.15, 0.2) is 0 Å². The third-order valence-corrected chi connectivity index (χ3v) is 25.2. The van der Waals surface area contributed by atoms with E-state index in [1.165, 1.54) is 0 Å². The molecule has 0 fully saturated rings. The van der Waals surface area contributed by atoms with Crippen molar-refractivity contribution in [3.05, 3.63) is 186 Å². The SMILES string of the molecule is CCCOc1c2cc(S(=O)(=O)[O-])cc1Cc1cc(S(=O)(=O)[O-])cc(c1OCCC)Cc1cc(S(=O)(=O)[O-])cc(c1OCCC)Cc1cc(S(=O)(=O)[O-])cc(c1OCCC)Cc1cc(S(=O)(=O)[O-])cc(c1OCCC)Cc1cc(S(=O)(=O)[O-])cc(c1OCCC)Cc1cc(S(=O)(=O)[O-])cc(c1OCCC)Cc1cc(S(=O)(=O)[O-])cc(c1OCCC)C2.[Na+].[Na+].[Na+].[Na+].[Na+].[Na+].[Na+].[Na+]. The minimum Gasteiger partial charge on any atom is -0.744 e. The summed E-state index contributed by atoms with van der Waals surface area (Å²) in [5, 5.41) is 0. The molecule has 0 N–H and O–H groups in total. The van der Waals surface area contributed by atoms with Crippen LogP contribution in [-0.4, -0.2) is 157 Å². The minimum atomic E-state index is -5.63. The smallest absolute Gasteiger partial charge is 0.744 e. The molecule has 0 spiro atoms.